The fourth-order valence-corrected chi connectivity index (χ4v) is 0.665. The molecule has 3 heteroatoms. The van der Waals surface area contributed by atoms with Gasteiger partial charge in [-0.25, -0.2) is 0 Å². The minimum Gasteiger partial charge on any atom is -0.361 e. The van der Waals surface area contributed by atoms with Gasteiger partial charge in [0.25, 0.3) is 0 Å². The van der Waals surface area contributed by atoms with E-state index in [9.17, 15) is 0 Å². The van der Waals surface area contributed by atoms with Crippen molar-refractivity contribution in [1.82, 2.24) is 10.2 Å². The van der Waals surface area contributed by atoms with Crippen molar-refractivity contribution in [1.29, 1.82) is 0 Å². The van der Waals surface area contributed by atoms with Crippen LogP contribution in [0.5, 0.6) is 0 Å². The molecule has 0 aromatic heterocycles. The summed E-state index contributed by atoms with van der Waals surface area (Å²) >= 11 is 4.74. The predicted octanol–water partition coefficient (Wildman–Crippen LogP) is -0.194. The quantitative estimate of drug-likeness (QED) is 0.445. The average molecular weight is 119 g/mol. The summed E-state index contributed by atoms with van der Waals surface area (Å²) in [5.74, 6) is 0. The predicted molar refractivity (Wildman–Crippen MR) is 33.2 cm³/mol. The van der Waals surface area contributed by atoms with Crippen molar-refractivity contribution in [3.8, 4) is 0 Å². The van der Waals surface area contributed by atoms with Crippen LogP contribution in [0, 0.1) is 0 Å². The minimum absolute atomic E-state index is 0.333. The summed E-state index contributed by atoms with van der Waals surface area (Å²) in [5, 5.41) is 3.11. The molecule has 1 aliphatic heterocycles. The second-order valence-electron chi connectivity index (χ2n) is 1.38. The van der Waals surface area contributed by atoms with E-state index in [0.717, 1.165) is 0 Å². The first-order valence-electron chi connectivity index (χ1n) is 3.57. The van der Waals surface area contributed by atoms with E-state index in [2.05, 4.69) is 5.32 Å². The van der Waals surface area contributed by atoms with Crippen molar-refractivity contribution in [3.05, 3.63) is 0 Å². The smallest absolute Gasteiger partial charge is 0.168 e. The van der Waals surface area contributed by atoms with E-state index in [1.165, 1.54) is 4.90 Å². The van der Waals surface area contributed by atoms with Crippen LogP contribution in [0.2, 0.25) is 0 Å². The number of nitrogens with zero attached hydrogens (tertiary/aromatic N) is 1. The SMILES string of the molecule is [2H]C([2H])([2H])N1CCNC1=S. The Morgan fingerprint density at radius 3 is 3.29 bits per heavy atom. The molecule has 1 saturated heterocycles. The van der Waals surface area contributed by atoms with Gasteiger partial charge in [0.05, 0.1) is 0 Å². The fourth-order valence-electron chi connectivity index (χ4n) is 0.472. The van der Waals surface area contributed by atoms with Gasteiger partial charge in [-0.2, -0.15) is 0 Å². The molecule has 0 radical (unpaired) electrons. The molecule has 1 fully saturated rings. The highest BCUT2D eigenvalue weighted by Gasteiger charge is 2.08. The molecule has 1 N–H and O–H groups in total. The second-order valence-corrected chi connectivity index (χ2v) is 1.77. The molecule has 0 amide bonds. The van der Waals surface area contributed by atoms with E-state index in [1.54, 1.807) is 0 Å². The number of hydrogen-bond acceptors (Lipinski definition) is 1. The topological polar surface area (TPSA) is 15.3 Å². The number of thiocarbonyl (C=S) groups is 1. The van der Waals surface area contributed by atoms with Gasteiger partial charge in [-0.3, -0.25) is 0 Å². The average Bonchev–Trinajstić information content (AvgIpc) is 2.11. The molecular weight excluding hydrogens is 108 g/mol. The Balaban J connectivity index is 2.64. The van der Waals surface area contributed by atoms with Crippen molar-refractivity contribution in [3.63, 3.8) is 0 Å². The Labute approximate surface area is 52.7 Å². The van der Waals surface area contributed by atoms with Crippen LogP contribution in [0.3, 0.4) is 0 Å². The van der Waals surface area contributed by atoms with Crippen molar-refractivity contribution < 1.29 is 4.11 Å². The summed E-state index contributed by atoms with van der Waals surface area (Å²) < 4.78 is 21.0. The highest BCUT2D eigenvalue weighted by Crippen LogP contribution is 1.89. The zero-order valence-electron chi connectivity index (χ0n) is 6.77. The van der Waals surface area contributed by atoms with E-state index in [4.69, 9.17) is 16.3 Å². The summed E-state index contributed by atoms with van der Waals surface area (Å²) in [5.41, 5.74) is 0. The summed E-state index contributed by atoms with van der Waals surface area (Å²) in [6, 6.07) is 0. The van der Waals surface area contributed by atoms with Gasteiger partial charge in [-0.05, 0) is 12.2 Å². The molecule has 1 aliphatic rings. The standard InChI is InChI=1S/C4H8N2S/c1-6-3-2-5-4(6)7/h2-3H2,1H3,(H,5,7)/i1D3. The minimum atomic E-state index is -2.07. The molecule has 0 aromatic rings. The monoisotopic (exact) mass is 119 g/mol. The van der Waals surface area contributed by atoms with Gasteiger partial charge >= 0.3 is 0 Å². The second kappa shape index (κ2) is 1.66. The summed E-state index contributed by atoms with van der Waals surface area (Å²) in [6.45, 7) is -0.951. The fraction of sp³-hybridized carbons (Fsp3) is 0.750. The third kappa shape index (κ3) is 0.825. The molecule has 0 saturated carbocycles. The number of hydrogen-bond donors (Lipinski definition) is 1. The van der Waals surface area contributed by atoms with Gasteiger partial charge < -0.3 is 10.2 Å². The summed E-state index contributed by atoms with van der Waals surface area (Å²) in [7, 11) is 0. The van der Waals surface area contributed by atoms with Crippen molar-refractivity contribution in [2.24, 2.45) is 0 Å². The van der Waals surface area contributed by atoms with E-state index < -0.39 is 6.98 Å². The van der Waals surface area contributed by atoms with Crippen molar-refractivity contribution in [2.75, 3.05) is 20.1 Å². The summed E-state index contributed by atoms with van der Waals surface area (Å²) in [6.07, 6.45) is 0. The first-order valence-corrected chi connectivity index (χ1v) is 2.48. The van der Waals surface area contributed by atoms with Gasteiger partial charge in [0.1, 0.15) is 0 Å². The third-order valence-electron chi connectivity index (χ3n) is 0.857. The van der Waals surface area contributed by atoms with Crippen LogP contribution in [0.4, 0.5) is 0 Å². The van der Waals surface area contributed by atoms with Crippen LogP contribution < -0.4 is 5.32 Å². The molecule has 40 valence electrons. The van der Waals surface area contributed by atoms with E-state index in [-0.39, 0.29) is 0 Å². The lowest BCUT2D eigenvalue weighted by Gasteiger charge is -2.05. The zero-order valence-corrected chi connectivity index (χ0v) is 4.59. The molecule has 0 unspecified atom stereocenters. The lowest BCUT2D eigenvalue weighted by atomic mass is 10.7. The van der Waals surface area contributed by atoms with Crippen LogP contribution in [0.15, 0.2) is 0 Å². The van der Waals surface area contributed by atoms with Crippen LogP contribution in [0.1, 0.15) is 4.11 Å². The Morgan fingerprint density at radius 1 is 2.14 bits per heavy atom. The Bertz CT molecular complexity index is 155. The van der Waals surface area contributed by atoms with E-state index in [0.29, 0.717) is 18.2 Å². The van der Waals surface area contributed by atoms with Crippen molar-refractivity contribution >= 4 is 17.3 Å². The van der Waals surface area contributed by atoms with Crippen LogP contribution in [-0.2, 0) is 0 Å². The number of likely N-dealkylation sites (N-methyl/N-ethyl adjacent to an activating group) is 1. The highest BCUT2D eigenvalue weighted by molar-refractivity contribution is 7.80. The molecule has 7 heavy (non-hydrogen) atoms. The maximum absolute atomic E-state index is 6.99. The highest BCUT2D eigenvalue weighted by atomic mass is 32.1. The van der Waals surface area contributed by atoms with Gasteiger partial charge in [0.2, 0.25) is 0 Å². The largest absolute Gasteiger partial charge is 0.361 e. The molecule has 0 aliphatic carbocycles. The van der Waals surface area contributed by atoms with Crippen molar-refractivity contribution in [2.45, 2.75) is 0 Å². The maximum Gasteiger partial charge on any atom is 0.168 e. The van der Waals surface area contributed by atoms with Crippen LogP contribution in [-0.4, -0.2) is 30.1 Å². The molecule has 2 nitrogen and oxygen atoms in total. The molecular formula is C4H8N2S. The Kier molecular flexibility index (Phi) is 0.546. The first kappa shape index (κ1) is 2.31. The molecule has 1 heterocycles. The lowest BCUT2D eigenvalue weighted by Crippen LogP contribution is -2.22. The van der Waals surface area contributed by atoms with E-state index in [1.807, 2.05) is 0 Å². The number of rotatable bonds is 0. The van der Waals surface area contributed by atoms with Gasteiger partial charge in [0, 0.05) is 24.2 Å². The third-order valence-corrected chi connectivity index (χ3v) is 1.22. The van der Waals surface area contributed by atoms with Gasteiger partial charge in [-0.1, -0.05) is 0 Å². The van der Waals surface area contributed by atoms with Gasteiger partial charge in [0.15, 0.2) is 5.11 Å². The van der Waals surface area contributed by atoms with Crippen LogP contribution >= 0.6 is 12.2 Å². The molecule has 0 bridgehead atoms. The maximum atomic E-state index is 6.99. The molecule has 0 spiro atoms. The molecule has 1 rings (SSSR count). The molecule has 0 atom stereocenters. The Morgan fingerprint density at radius 2 is 3.00 bits per heavy atom. The zero-order chi connectivity index (χ0) is 7.78. The van der Waals surface area contributed by atoms with Crippen LogP contribution in [0.25, 0.3) is 0 Å². The normalized spacial score (nSPS) is 28.3. The van der Waals surface area contributed by atoms with E-state index >= 15 is 0 Å². The lowest BCUT2D eigenvalue weighted by molar-refractivity contribution is 0.571. The van der Waals surface area contributed by atoms with Gasteiger partial charge in [-0.15, -0.1) is 0 Å². The Hall–Kier alpha value is -0.310. The molecule has 0 aromatic carbocycles. The number of nitrogens with one attached hydrogen (secondary N) is 1. The first-order chi connectivity index (χ1) is 4.52. The summed E-state index contributed by atoms with van der Waals surface area (Å²) in [4.78, 5) is 1.21.